The molecule has 35 heavy (non-hydrogen) atoms. The third kappa shape index (κ3) is 6.00. The molecule has 0 bridgehead atoms. The SMILES string of the molecule is C=CCn1c(SCC(=O)Nc2sc(C(=O)N(C)C)c(C)c2C(=O)OC)nnc1-c1ccc(Br)cc1. The van der Waals surface area contributed by atoms with Gasteiger partial charge in [0.25, 0.3) is 5.91 Å². The van der Waals surface area contributed by atoms with Crippen LogP contribution in [0.5, 0.6) is 0 Å². The number of hydrogen-bond donors (Lipinski definition) is 1. The lowest BCUT2D eigenvalue weighted by molar-refractivity contribution is -0.113. The van der Waals surface area contributed by atoms with E-state index >= 15 is 0 Å². The van der Waals surface area contributed by atoms with E-state index in [-0.39, 0.29) is 28.1 Å². The quantitative estimate of drug-likeness (QED) is 0.227. The zero-order chi connectivity index (χ0) is 25.7. The molecular weight excluding hydrogens is 554 g/mol. The van der Waals surface area contributed by atoms with Crippen LogP contribution in [0.1, 0.15) is 25.6 Å². The average Bonchev–Trinajstić information content (AvgIpc) is 3.37. The van der Waals surface area contributed by atoms with Gasteiger partial charge >= 0.3 is 5.97 Å². The standard InChI is InChI=1S/C23H24BrN5O4S2/c1-6-11-29-19(14-7-9-15(24)10-8-14)26-27-23(29)34-12-16(30)25-20-17(22(32)33-5)13(2)18(35-20)21(31)28(3)4/h6-10H,1,11-12H2,2-5H3,(H,25,30). The Balaban J connectivity index is 1.80. The fourth-order valence-corrected chi connectivity index (χ4v) is 5.40. The summed E-state index contributed by atoms with van der Waals surface area (Å²) in [5.74, 6) is -0.558. The molecule has 0 spiro atoms. The highest BCUT2D eigenvalue weighted by Crippen LogP contribution is 2.34. The Hall–Kier alpha value is -2.96. The fourth-order valence-electron chi connectivity index (χ4n) is 3.15. The first-order valence-electron chi connectivity index (χ1n) is 10.3. The first-order chi connectivity index (χ1) is 16.7. The van der Waals surface area contributed by atoms with E-state index in [1.807, 2.05) is 28.8 Å². The van der Waals surface area contributed by atoms with E-state index in [2.05, 4.69) is 38.0 Å². The van der Waals surface area contributed by atoms with Gasteiger partial charge in [0.05, 0.1) is 23.3 Å². The van der Waals surface area contributed by atoms with Crippen molar-refractivity contribution >= 4 is 61.8 Å². The van der Waals surface area contributed by atoms with E-state index in [4.69, 9.17) is 4.74 Å². The van der Waals surface area contributed by atoms with Crippen LogP contribution in [-0.4, -0.2) is 64.4 Å². The van der Waals surface area contributed by atoms with Crippen LogP contribution in [0.25, 0.3) is 11.4 Å². The van der Waals surface area contributed by atoms with Gasteiger partial charge in [0.1, 0.15) is 5.00 Å². The van der Waals surface area contributed by atoms with Crippen LogP contribution in [0.15, 0.2) is 46.5 Å². The van der Waals surface area contributed by atoms with Crippen molar-refractivity contribution in [3.63, 3.8) is 0 Å². The van der Waals surface area contributed by atoms with E-state index in [1.165, 1.54) is 23.8 Å². The predicted molar refractivity (Wildman–Crippen MR) is 141 cm³/mol. The van der Waals surface area contributed by atoms with Gasteiger partial charge in [-0.3, -0.25) is 14.2 Å². The Morgan fingerprint density at radius 2 is 1.94 bits per heavy atom. The summed E-state index contributed by atoms with van der Waals surface area (Å²) in [6, 6.07) is 7.68. The van der Waals surface area contributed by atoms with Crippen LogP contribution in [0.3, 0.4) is 0 Å². The molecule has 12 heteroatoms. The number of allylic oxidation sites excluding steroid dienone is 1. The second-order valence-electron chi connectivity index (χ2n) is 7.50. The van der Waals surface area contributed by atoms with Crippen molar-refractivity contribution in [2.45, 2.75) is 18.6 Å². The Kier molecular flexibility index (Phi) is 8.87. The van der Waals surface area contributed by atoms with E-state index in [1.54, 1.807) is 27.1 Å². The molecule has 2 heterocycles. The lowest BCUT2D eigenvalue weighted by Crippen LogP contribution is -2.21. The maximum absolute atomic E-state index is 12.8. The van der Waals surface area contributed by atoms with Crippen molar-refractivity contribution in [2.24, 2.45) is 0 Å². The van der Waals surface area contributed by atoms with Gasteiger partial charge in [-0.25, -0.2) is 4.79 Å². The molecule has 1 N–H and O–H groups in total. The number of nitrogens with zero attached hydrogens (tertiary/aromatic N) is 4. The third-order valence-electron chi connectivity index (χ3n) is 4.85. The van der Waals surface area contributed by atoms with Gasteiger partial charge in [-0.1, -0.05) is 45.9 Å². The monoisotopic (exact) mass is 577 g/mol. The zero-order valence-electron chi connectivity index (χ0n) is 19.6. The minimum atomic E-state index is -0.621. The minimum Gasteiger partial charge on any atom is -0.465 e. The number of esters is 1. The van der Waals surface area contributed by atoms with Gasteiger partial charge in [0.2, 0.25) is 5.91 Å². The number of nitrogens with one attached hydrogen (secondary N) is 1. The molecule has 9 nitrogen and oxygen atoms in total. The number of amides is 2. The summed E-state index contributed by atoms with van der Waals surface area (Å²) in [5.41, 5.74) is 1.52. The van der Waals surface area contributed by atoms with Crippen LogP contribution >= 0.6 is 39.0 Å². The van der Waals surface area contributed by atoms with Crippen molar-refractivity contribution in [1.82, 2.24) is 19.7 Å². The number of rotatable bonds is 9. The number of methoxy groups -OCH3 is 1. The van der Waals surface area contributed by atoms with Gasteiger partial charge < -0.3 is 15.0 Å². The summed E-state index contributed by atoms with van der Waals surface area (Å²) < 4.78 is 7.69. The summed E-state index contributed by atoms with van der Waals surface area (Å²) in [5, 5.41) is 12.1. The summed E-state index contributed by atoms with van der Waals surface area (Å²) in [6.45, 7) is 5.93. The number of ether oxygens (including phenoxy) is 1. The van der Waals surface area contributed by atoms with E-state index in [0.29, 0.717) is 28.0 Å². The van der Waals surface area contributed by atoms with Crippen molar-refractivity contribution in [3.8, 4) is 11.4 Å². The molecule has 2 aromatic heterocycles. The molecule has 0 aliphatic heterocycles. The molecular formula is C23H24BrN5O4S2. The number of benzene rings is 1. The number of halogens is 1. The molecule has 0 aliphatic carbocycles. The second kappa shape index (κ2) is 11.6. The zero-order valence-corrected chi connectivity index (χ0v) is 22.8. The van der Waals surface area contributed by atoms with Crippen LogP contribution in [-0.2, 0) is 16.1 Å². The number of hydrogen-bond acceptors (Lipinski definition) is 8. The first-order valence-corrected chi connectivity index (χ1v) is 12.9. The topological polar surface area (TPSA) is 106 Å². The molecule has 3 aromatic rings. The Morgan fingerprint density at radius 3 is 2.54 bits per heavy atom. The molecule has 0 radical (unpaired) electrons. The Labute approximate surface area is 219 Å². The highest BCUT2D eigenvalue weighted by molar-refractivity contribution is 9.10. The molecule has 184 valence electrons. The molecule has 0 unspecified atom stereocenters. The Bertz CT molecular complexity index is 1270. The largest absolute Gasteiger partial charge is 0.465 e. The van der Waals surface area contributed by atoms with Crippen LogP contribution in [0.4, 0.5) is 5.00 Å². The highest BCUT2D eigenvalue weighted by atomic mass is 79.9. The van der Waals surface area contributed by atoms with Gasteiger partial charge in [0, 0.05) is 30.7 Å². The average molecular weight is 579 g/mol. The smallest absolute Gasteiger partial charge is 0.341 e. The van der Waals surface area contributed by atoms with Gasteiger partial charge in [-0.2, -0.15) is 0 Å². The highest BCUT2D eigenvalue weighted by Gasteiger charge is 2.27. The molecule has 2 amide bonds. The number of carbonyl (C=O) groups is 3. The third-order valence-corrected chi connectivity index (χ3v) is 7.54. The van der Waals surface area contributed by atoms with E-state index < -0.39 is 5.97 Å². The molecule has 0 saturated carbocycles. The van der Waals surface area contributed by atoms with Gasteiger partial charge in [0.15, 0.2) is 11.0 Å². The van der Waals surface area contributed by atoms with Crippen LogP contribution in [0.2, 0.25) is 0 Å². The lowest BCUT2D eigenvalue weighted by Gasteiger charge is -2.08. The lowest BCUT2D eigenvalue weighted by atomic mass is 10.1. The van der Waals surface area contributed by atoms with E-state index in [9.17, 15) is 14.4 Å². The summed E-state index contributed by atoms with van der Waals surface area (Å²) in [4.78, 5) is 39.5. The number of anilines is 1. The Morgan fingerprint density at radius 1 is 1.26 bits per heavy atom. The number of carbonyl (C=O) groups excluding carboxylic acids is 3. The van der Waals surface area contributed by atoms with Crippen LogP contribution < -0.4 is 5.32 Å². The summed E-state index contributed by atoms with van der Waals surface area (Å²) in [6.07, 6.45) is 1.73. The fraction of sp³-hybridized carbons (Fsp3) is 0.261. The normalized spacial score (nSPS) is 10.7. The number of aromatic nitrogens is 3. The van der Waals surface area contributed by atoms with Crippen molar-refractivity contribution in [3.05, 3.63) is 57.4 Å². The maximum atomic E-state index is 12.8. The molecule has 1 aromatic carbocycles. The molecule has 0 fully saturated rings. The van der Waals surface area contributed by atoms with E-state index in [0.717, 1.165) is 21.4 Å². The predicted octanol–water partition coefficient (Wildman–Crippen LogP) is 4.48. The minimum absolute atomic E-state index is 0.0180. The number of thiophene rings is 1. The molecule has 0 saturated heterocycles. The molecule has 0 atom stereocenters. The number of thioether (sulfide) groups is 1. The van der Waals surface area contributed by atoms with Gasteiger partial charge in [-0.05, 0) is 24.6 Å². The van der Waals surface area contributed by atoms with Crippen molar-refractivity contribution < 1.29 is 19.1 Å². The summed E-state index contributed by atoms with van der Waals surface area (Å²) >= 11 is 5.68. The maximum Gasteiger partial charge on any atom is 0.341 e. The first kappa shape index (κ1) is 26.6. The van der Waals surface area contributed by atoms with Gasteiger partial charge in [-0.15, -0.1) is 28.1 Å². The molecule has 3 rings (SSSR count). The van der Waals surface area contributed by atoms with Crippen molar-refractivity contribution in [2.75, 3.05) is 32.3 Å². The van der Waals surface area contributed by atoms with Crippen LogP contribution in [0, 0.1) is 6.92 Å². The second-order valence-corrected chi connectivity index (χ2v) is 10.4. The summed E-state index contributed by atoms with van der Waals surface area (Å²) in [7, 11) is 4.50. The molecule has 0 aliphatic rings. The van der Waals surface area contributed by atoms with Crippen molar-refractivity contribution in [1.29, 1.82) is 0 Å².